The first-order valence-corrected chi connectivity index (χ1v) is 9.59. The molecule has 2 aromatic carbocycles. The molecule has 0 radical (unpaired) electrons. The number of carbonyl (C=O) groups is 2. The van der Waals surface area contributed by atoms with Crippen molar-refractivity contribution in [1.29, 1.82) is 0 Å². The minimum atomic E-state index is -0.417. The van der Waals surface area contributed by atoms with Crippen molar-refractivity contribution in [2.75, 3.05) is 36.4 Å². The molecule has 0 aromatic heterocycles. The second kappa shape index (κ2) is 9.42. The summed E-state index contributed by atoms with van der Waals surface area (Å²) in [5.74, 6) is 0.0412. The number of nitrogens with zero attached hydrogens (tertiary/aromatic N) is 2. The van der Waals surface area contributed by atoms with Gasteiger partial charge in [-0.15, -0.1) is 0 Å². The van der Waals surface area contributed by atoms with Gasteiger partial charge in [-0.2, -0.15) is 0 Å². The van der Waals surface area contributed by atoms with Gasteiger partial charge in [-0.1, -0.05) is 29.8 Å². The van der Waals surface area contributed by atoms with Crippen LogP contribution in [-0.2, 0) is 9.59 Å². The number of para-hydroxylation sites is 1. The van der Waals surface area contributed by atoms with Crippen molar-refractivity contribution in [3.8, 4) is 0 Å². The van der Waals surface area contributed by atoms with E-state index in [9.17, 15) is 9.59 Å². The number of halogens is 1. The molecule has 1 fully saturated rings. The Balaban J connectivity index is 1.62. The zero-order chi connectivity index (χ0) is 19.1. The lowest BCUT2D eigenvalue weighted by Crippen LogP contribution is -2.52. The van der Waals surface area contributed by atoms with Crippen LogP contribution in [0.3, 0.4) is 0 Å². The molecule has 2 aromatic rings. The van der Waals surface area contributed by atoms with E-state index in [0.717, 1.165) is 25.1 Å². The summed E-state index contributed by atoms with van der Waals surface area (Å²) in [6.07, 6.45) is 1.68. The molecule has 1 atom stereocenters. The van der Waals surface area contributed by atoms with Crippen LogP contribution in [0.1, 0.15) is 12.8 Å². The van der Waals surface area contributed by atoms with E-state index in [-0.39, 0.29) is 5.91 Å². The topological polar surface area (TPSA) is 52.7 Å². The number of rotatable bonds is 7. The molecule has 142 valence electrons. The molecular formula is C21H24ClN3O2. The van der Waals surface area contributed by atoms with E-state index in [1.807, 2.05) is 35.2 Å². The number of anilines is 2. The Bertz CT molecular complexity index is 744. The molecule has 1 aliphatic heterocycles. The third-order valence-electron chi connectivity index (χ3n) is 4.77. The first-order chi connectivity index (χ1) is 13.2. The second-order valence-corrected chi connectivity index (χ2v) is 7.03. The van der Waals surface area contributed by atoms with Crippen LogP contribution in [0.5, 0.6) is 0 Å². The molecule has 1 aliphatic rings. The Morgan fingerprint density at radius 1 is 1.04 bits per heavy atom. The van der Waals surface area contributed by atoms with Gasteiger partial charge in [0.25, 0.3) is 0 Å². The van der Waals surface area contributed by atoms with E-state index in [0.29, 0.717) is 31.0 Å². The van der Waals surface area contributed by atoms with Crippen LogP contribution in [0, 0.1) is 0 Å². The molecule has 27 heavy (non-hydrogen) atoms. The highest BCUT2D eigenvalue weighted by Crippen LogP contribution is 2.19. The Labute approximate surface area is 164 Å². The van der Waals surface area contributed by atoms with Crippen molar-refractivity contribution < 1.29 is 9.59 Å². The molecule has 3 rings (SSSR count). The summed E-state index contributed by atoms with van der Waals surface area (Å²) in [6.45, 7) is 2.95. The molecular weight excluding hydrogens is 362 g/mol. The minimum Gasteiger partial charge on any atom is -0.374 e. The molecule has 0 spiro atoms. The van der Waals surface area contributed by atoms with Gasteiger partial charge in [0.1, 0.15) is 12.3 Å². The summed E-state index contributed by atoms with van der Waals surface area (Å²) in [6, 6.07) is 17.1. The van der Waals surface area contributed by atoms with Crippen LogP contribution >= 0.6 is 11.6 Å². The summed E-state index contributed by atoms with van der Waals surface area (Å²) in [7, 11) is 0. The minimum absolute atomic E-state index is 0.0412. The summed E-state index contributed by atoms with van der Waals surface area (Å²) in [5.41, 5.74) is 2.01. The predicted octanol–water partition coefficient (Wildman–Crippen LogP) is 3.45. The SMILES string of the molecule is O=CCC[C@H](Nc1ccc(Cl)cc1)C(=O)N1CCN(c2ccccc2)CC1. The van der Waals surface area contributed by atoms with Gasteiger partial charge in [-0.05, 0) is 42.8 Å². The number of amides is 1. The van der Waals surface area contributed by atoms with Gasteiger partial charge in [-0.25, -0.2) is 0 Å². The van der Waals surface area contributed by atoms with Crippen LogP contribution in [0.2, 0.25) is 5.02 Å². The van der Waals surface area contributed by atoms with Gasteiger partial charge in [0.15, 0.2) is 0 Å². The van der Waals surface area contributed by atoms with Gasteiger partial charge >= 0.3 is 0 Å². The fraction of sp³-hybridized carbons (Fsp3) is 0.333. The fourth-order valence-electron chi connectivity index (χ4n) is 3.28. The highest BCUT2D eigenvalue weighted by Gasteiger charge is 2.27. The van der Waals surface area contributed by atoms with Crippen molar-refractivity contribution in [1.82, 2.24) is 4.90 Å². The molecule has 1 amide bonds. The molecule has 1 N–H and O–H groups in total. The lowest BCUT2D eigenvalue weighted by molar-refractivity contribution is -0.132. The molecule has 0 unspecified atom stereocenters. The zero-order valence-corrected chi connectivity index (χ0v) is 15.9. The maximum atomic E-state index is 13.0. The first-order valence-electron chi connectivity index (χ1n) is 9.22. The molecule has 0 saturated carbocycles. The van der Waals surface area contributed by atoms with E-state index < -0.39 is 6.04 Å². The molecule has 1 saturated heterocycles. The lowest BCUT2D eigenvalue weighted by Gasteiger charge is -2.37. The third-order valence-corrected chi connectivity index (χ3v) is 5.02. The smallest absolute Gasteiger partial charge is 0.245 e. The van der Waals surface area contributed by atoms with Crippen molar-refractivity contribution in [2.24, 2.45) is 0 Å². The average Bonchev–Trinajstić information content (AvgIpc) is 2.73. The van der Waals surface area contributed by atoms with Gasteiger partial charge in [0, 0.05) is 49.0 Å². The zero-order valence-electron chi connectivity index (χ0n) is 15.2. The lowest BCUT2D eigenvalue weighted by atomic mass is 10.1. The second-order valence-electron chi connectivity index (χ2n) is 6.60. The summed E-state index contributed by atoms with van der Waals surface area (Å²) >= 11 is 5.93. The third kappa shape index (κ3) is 5.23. The van der Waals surface area contributed by atoms with Crippen LogP contribution in [0.4, 0.5) is 11.4 Å². The number of nitrogens with one attached hydrogen (secondary N) is 1. The maximum absolute atomic E-state index is 13.0. The standard InChI is InChI=1S/C21H24ClN3O2/c22-17-8-10-18(11-9-17)23-20(7-4-16-26)21(27)25-14-12-24(13-15-25)19-5-2-1-3-6-19/h1-3,5-6,8-11,16,20,23H,4,7,12-15H2/t20-/m0/s1. The fourth-order valence-corrected chi connectivity index (χ4v) is 3.41. The van der Waals surface area contributed by atoms with E-state index in [1.54, 1.807) is 12.1 Å². The number of piperazine rings is 1. The largest absolute Gasteiger partial charge is 0.374 e. The van der Waals surface area contributed by atoms with E-state index in [1.165, 1.54) is 5.69 Å². The molecule has 5 nitrogen and oxygen atoms in total. The number of hydrogen-bond acceptors (Lipinski definition) is 4. The summed E-state index contributed by atoms with van der Waals surface area (Å²) < 4.78 is 0. The van der Waals surface area contributed by atoms with Crippen molar-refractivity contribution in [3.63, 3.8) is 0 Å². The normalized spacial score (nSPS) is 15.3. The maximum Gasteiger partial charge on any atom is 0.245 e. The van der Waals surface area contributed by atoms with Gasteiger partial charge in [0.2, 0.25) is 5.91 Å². The molecule has 0 bridgehead atoms. The molecule has 0 aliphatic carbocycles. The Hall–Kier alpha value is -2.53. The Morgan fingerprint density at radius 3 is 2.33 bits per heavy atom. The van der Waals surface area contributed by atoms with Gasteiger partial charge in [-0.3, -0.25) is 4.79 Å². The van der Waals surface area contributed by atoms with Crippen molar-refractivity contribution in [2.45, 2.75) is 18.9 Å². The molecule has 1 heterocycles. The number of aldehydes is 1. The van der Waals surface area contributed by atoms with E-state index >= 15 is 0 Å². The monoisotopic (exact) mass is 385 g/mol. The van der Waals surface area contributed by atoms with Crippen LogP contribution in [0.25, 0.3) is 0 Å². The van der Waals surface area contributed by atoms with Crippen LogP contribution in [-0.4, -0.2) is 49.3 Å². The predicted molar refractivity (Wildman–Crippen MR) is 109 cm³/mol. The molecule has 6 heteroatoms. The summed E-state index contributed by atoms with van der Waals surface area (Å²) in [4.78, 5) is 28.0. The average molecular weight is 386 g/mol. The van der Waals surface area contributed by atoms with Gasteiger partial charge < -0.3 is 19.9 Å². The van der Waals surface area contributed by atoms with Crippen LogP contribution < -0.4 is 10.2 Å². The number of hydrogen-bond donors (Lipinski definition) is 1. The van der Waals surface area contributed by atoms with Gasteiger partial charge in [0.05, 0.1) is 0 Å². The van der Waals surface area contributed by atoms with Crippen LogP contribution in [0.15, 0.2) is 54.6 Å². The Kier molecular flexibility index (Phi) is 6.71. The first kappa shape index (κ1) is 19.2. The number of carbonyl (C=O) groups excluding carboxylic acids is 2. The van der Waals surface area contributed by atoms with E-state index in [2.05, 4.69) is 22.3 Å². The highest BCUT2D eigenvalue weighted by atomic mass is 35.5. The quantitative estimate of drug-likeness (QED) is 0.742. The summed E-state index contributed by atoms with van der Waals surface area (Å²) in [5, 5.41) is 3.91. The van der Waals surface area contributed by atoms with Crippen molar-refractivity contribution in [3.05, 3.63) is 59.6 Å². The number of benzene rings is 2. The van der Waals surface area contributed by atoms with E-state index in [4.69, 9.17) is 11.6 Å². The Morgan fingerprint density at radius 2 is 1.70 bits per heavy atom. The van der Waals surface area contributed by atoms with Crippen molar-refractivity contribution >= 4 is 35.2 Å². The highest BCUT2D eigenvalue weighted by molar-refractivity contribution is 6.30.